The normalized spacial score (nSPS) is 27.0. The lowest BCUT2D eigenvalue weighted by Crippen LogP contribution is -2.57. The minimum atomic E-state index is -1.57. The van der Waals surface area contributed by atoms with Crippen LogP contribution in [0, 0.1) is 17.5 Å². The summed E-state index contributed by atoms with van der Waals surface area (Å²) < 4.78 is 58.6. The Bertz CT molecular complexity index is 1200. The SMILES string of the molecule is CO[C@@H]1[C@@H](n2cc(-c3cc(F)c(F)c(F)c3)nn2)[C@@H](O)[C@@H](CO)O[C@@H]1Cc1cc(C2CCNCC2)sn1. The molecule has 2 aliphatic heterocycles. The highest BCUT2D eigenvalue weighted by Crippen LogP contribution is 2.35. The third-order valence-electron chi connectivity index (χ3n) is 7.06. The molecule has 2 aromatic heterocycles. The highest BCUT2D eigenvalue weighted by atomic mass is 32.1. The lowest BCUT2D eigenvalue weighted by molar-refractivity contribution is -0.212. The third kappa shape index (κ3) is 5.29. The van der Waals surface area contributed by atoms with Crippen molar-refractivity contribution in [2.24, 2.45) is 0 Å². The van der Waals surface area contributed by atoms with Gasteiger partial charge in [-0.2, -0.15) is 4.37 Å². The molecule has 3 N–H and O–H groups in total. The van der Waals surface area contributed by atoms with E-state index in [1.807, 2.05) is 0 Å². The summed E-state index contributed by atoms with van der Waals surface area (Å²) in [5, 5.41) is 32.3. The van der Waals surface area contributed by atoms with E-state index in [4.69, 9.17) is 9.47 Å². The maximum atomic E-state index is 13.8. The van der Waals surface area contributed by atoms with Crippen LogP contribution in [0.4, 0.5) is 13.2 Å². The maximum absolute atomic E-state index is 13.8. The molecule has 2 aliphatic rings. The van der Waals surface area contributed by atoms with Crippen molar-refractivity contribution in [1.29, 1.82) is 0 Å². The molecule has 37 heavy (non-hydrogen) atoms. The van der Waals surface area contributed by atoms with Crippen LogP contribution in [-0.2, 0) is 15.9 Å². The van der Waals surface area contributed by atoms with Crippen LogP contribution in [0.25, 0.3) is 11.3 Å². The molecule has 4 heterocycles. The maximum Gasteiger partial charge on any atom is 0.194 e. The van der Waals surface area contributed by atoms with Crippen molar-refractivity contribution in [2.45, 2.75) is 55.6 Å². The number of aliphatic hydroxyl groups excluding tert-OH is 2. The van der Waals surface area contributed by atoms with Crippen molar-refractivity contribution in [3.63, 3.8) is 0 Å². The van der Waals surface area contributed by atoms with E-state index in [0.717, 1.165) is 43.8 Å². The van der Waals surface area contributed by atoms with Gasteiger partial charge < -0.3 is 25.0 Å². The molecular formula is C24H28F3N5O4S. The lowest BCUT2D eigenvalue weighted by Gasteiger charge is -2.43. The highest BCUT2D eigenvalue weighted by molar-refractivity contribution is 7.05. The number of nitrogens with one attached hydrogen (secondary N) is 1. The van der Waals surface area contributed by atoms with Crippen LogP contribution in [-0.4, -0.2) is 80.8 Å². The number of halogens is 3. The van der Waals surface area contributed by atoms with E-state index >= 15 is 0 Å². The van der Waals surface area contributed by atoms with Gasteiger partial charge in [0.2, 0.25) is 0 Å². The number of hydrogen-bond acceptors (Lipinski definition) is 9. The average molecular weight is 540 g/mol. The number of ether oxygens (including phenoxy) is 2. The zero-order chi connectivity index (χ0) is 26.1. The number of nitrogens with zero attached hydrogens (tertiary/aromatic N) is 4. The van der Waals surface area contributed by atoms with Crippen molar-refractivity contribution in [3.05, 3.63) is 52.4 Å². The molecule has 13 heteroatoms. The predicted octanol–water partition coefficient (Wildman–Crippen LogP) is 2.21. The number of benzene rings is 1. The van der Waals surface area contributed by atoms with E-state index in [0.29, 0.717) is 12.3 Å². The summed E-state index contributed by atoms with van der Waals surface area (Å²) in [6.07, 6.45) is 0.445. The lowest BCUT2D eigenvalue weighted by atomic mass is 9.90. The van der Waals surface area contributed by atoms with Crippen molar-refractivity contribution < 1.29 is 32.9 Å². The second-order valence-corrected chi connectivity index (χ2v) is 10.2. The van der Waals surface area contributed by atoms with Gasteiger partial charge in [0, 0.05) is 24.0 Å². The van der Waals surface area contributed by atoms with Gasteiger partial charge in [0.05, 0.1) is 24.6 Å². The van der Waals surface area contributed by atoms with Crippen LogP contribution in [0.3, 0.4) is 0 Å². The standard InChI is InChI=1S/C24H28F3N5O4S/c1-35-24-18(8-14-9-20(37-30-14)12-2-4-28-5-3-12)36-19(11-33)23(34)22(24)32-10-17(29-31-32)13-6-15(25)21(27)16(26)7-13/h6-7,9-10,12,18-19,22-24,28,33-34H,2-5,8,11H2,1H3/t18-,19-,22+,23+,24+/m1/s1. The molecule has 0 amide bonds. The van der Waals surface area contributed by atoms with Crippen LogP contribution in [0.5, 0.6) is 0 Å². The molecule has 2 fully saturated rings. The molecular weight excluding hydrogens is 511 g/mol. The largest absolute Gasteiger partial charge is 0.394 e. The van der Waals surface area contributed by atoms with Crippen molar-refractivity contribution in [3.8, 4) is 11.3 Å². The number of rotatable bonds is 7. The van der Waals surface area contributed by atoms with Gasteiger partial charge >= 0.3 is 0 Å². The van der Waals surface area contributed by atoms with E-state index in [1.165, 1.54) is 34.4 Å². The fraction of sp³-hybridized carbons (Fsp3) is 0.542. The van der Waals surface area contributed by atoms with Crippen LogP contribution >= 0.6 is 11.5 Å². The Kier molecular flexibility index (Phi) is 7.88. The second-order valence-electron chi connectivity index (χ2n) is 9.36. The summed E-state index contributed by atoms with van der Waals surface area (Å²) in [4.78, 5) is 1.22. The zero-order valence-corrected chi connectivity index (χ0v) is 20.9. The third-order valence-corrected chi connectivity index (χ3v) is 8.05. The summed E-state index contributed by atoms with van der Waals surface area (Å²) in [7, 11) is 1.48. The summed E-state index contributed by atoms with van der Waals surface area (Å²) in [5.41, 5.74) is 0.893. The summed E-state index contributed by atoms with van der Waals surface area (Å²) in [5.74, 6) is -3.81. The summed E-state index contributed by atoms with van der Waals surface area (Å²) in [6, 6.07) is 2.89. The minimum absolute atomic E-state index is 0.0126. The Labute approximate surface area is 215 Å². The topological polar surface area (TPSA) is 115 Å². The summed E-state index contributed by atoms with van der Waals surface area (Å²) in [6.45, 7) is 1.51. The van der Waals surface area contributed by atoms with Crippen LogP contribution in [0.1, 0.15) is 35.4 Å². The first kappa shape index (κ1) is 26.2. The van der Waals surface area contributed by atoms with Gasteiger partial charge in [0.15, 0.2) is 17.5 Å². The Morgan fingerprint density at radius 3 is 2.57 bits per heavy atom. The van der Waals surface area contributed by atoms with Gasteiger partial charge in [-0.3, -0.25) is 0 Å². The first-order valence-corrected chi connectivity index (χ1v) is 12.9. The fourth-order valence-electron chi connectivity index (χ4n) is 5.12. The van der Waals surface area contributed by atoms with Crippen LogP contribution < -0.4 is 5.32 Å². The Morgan fingerprint density at radius 1 is 1.16 bits per heavy atom. The van der Waals surface area contributed by atoms with E-state index in [9.17, 15) is 23.4 Å². The average Bonchev–Trinajstić information content (AvgIpc) is 3.58. The molecule has 9 nitrogen and oxygen atoms in total. The van der Waals surface area contributed by atoms with Gasteiger partial charge in [0.1, 0.15) is 30.0 Å². The molecule has 0 radical (unpaired) electrons. The van der Waals surface area contributed by atoms with E-state index < -0.39 is 54.5 Å². The fourth-order valence-corrected chi connectivity index (χ4v) is 6.04. The molecule has 0 unspecified atom stereocenters. The molecule has 0 aliphatic carbocycles. The molecule has 0 saturated carbocycles. The van der Waals surface area contributed by atoms with Gasteiger partial charge in [-0.1, -0.05) is 5.21 Å². The smallest absolute Gasteiger partial charge is 0.194 e. The zero-order valence-electron chi connectivity index (χ0n) is 20.1. The molecule has 200 valence electrons. The number of aliphatic hydroxyl groups is 2. The van der Waals surface area contributed by atoms with Crippen molar-refractivity contribution >= 4 is 11.5 Å². The second kappa shape index (κ2) is 11.1. The number of piperidine rings is 1. The highest BCUT2D eigenvalue weighted by Gasteiger charge is 2.47. The van der Waals surface area contributed by atoms with Crippen LogP contribution in [0.15, 0.2) is 24.4 Å². The molecule has 3 aromatic rings. The van der Waals surface area contributed by atoms with Crippen molar-refractivity contribution in [1.82, 2.24) is 24.7 Å². The molecule has 5 atom stereocenters. The van der Waals surface area contributed by atoms with Gasteiger partial charge in [-0.05, 0) is 61.6 Å². The number of methoxy groups -OCH3 is 1. The van der Waals surface area contributed by atoms with Gasteiger partial charge in [-0.25, -0.2) is 17.9 Å². The predicted molar refractivity (Wildman–Crippen MR) is 128 cm³/mol. The molecule has 5 rings (SSSR count). The first-order valence-electron chi connectivity index (χ1n) is 12.1. The minimum Gasteiger partial charge on any atom is -0.394 e. The molecule has 0 spiro atoms. The monoisotopic (exact) mass is 539 g/mol. The van der Waals surface area contributed by atoms with Gasteiger partial charge in [-0.15, -0.1) is 5.10 Å². The van der Waals surface area contributed by atoms with E-state index in [1.54, 1.807) is 0 Å². The Hall–Kier alpha value is -2.42. The quantitative estimate of drug-likeness (QED) is 0.392. The van der Waals surface area contributed by atoms with Gasteiger partial charge in [0.25, 0.3) is 0 Å². The van der Waals surface area contributed by atoms with E-state index in [-0.39, 0.29) is 11.3 Å². The molecule has 0 bridgehead atoms. The van der Waals surface area contributed by atoms with Crippen molar-refractivity contribution in [2.75, 3.05) is 26.8 Å². The molecule has 1 aromatic carbocycles. The number of hydrogen-bond donors (Lipinski definition) is 3. The number of aromatic nitrogens is 4. The van der Waals surface area contributed by atoms with Crippen LogP contribution in [0.2, 0.25) is 0 Å². The molecule has 2 saturated heterocycles. The Morgan fingerprint density at radius 2 is 1.89 bits per heavy atom. The summed E-state index contributed by atoms with van der Waals surface area (Å²) >= 11 is 1.47. The van der Waals surface area contributed by atoms with E-state index in [2.05, 4.69) is 26.1 Å². The Balaban J connectivity index is 1.40. The first-order chi connectivity index (χ1) is 17.9.